The van der Waals surface area contributed by atoms with Crippen molar-refractivity contribution in [2.75, 3.05) is 20.8 Å². The van der Waals surface area contributed by atoms with E-state index in [-0.39, 0.29) is 17.1 Å². The van der Waals surface area contributed by atoms with Gasteiger partial charge in [0.2, 0.25) is 0 Å². The normalized spacial score (nSPS) is 11.2. The Morgan fingerprint density at radius 2 is 1.59 bits per heavy atom. The lowest BCUT2D eigenvalue weighted by Crippen LogP contribution is -2.43. The molecule has 10 heteroatoms. The maximum absolute atomic E-state index is 12.1. The quantitative estimate of drug-likeness (QED) is 0.652. The van der Waals surface area contributed by atoms with Crippen LogP contribution in [0.15, 0.2) is 47.4 Å². The number of rotatable bonds is 7. The number of carbonyl (C=O) groups excluding carboxylic acids is 2. The molecule has 0 saturated heterocycles. The number of hydrogen-bond acceptors (Lipinski definition) is 6. The summed E-state index contributed by atoms with van der Waals surface area (Å²) >= 11 is 0. The van der Waals surface area contributed by atoms with Crippen molar-refractivity contribution in [3.63, 3.8) is 0 Å². The summed E-state index contributed by atoms with van der Waals surface area (Å²) in [4.78, 5) is 28.6. The lowest BCUT2D eigenvalue weighted by molar-refractivity contribution is -0.123. The molecule has 2 aromatic rings. The number of amides is 2. The van der Waals surface area contributed by atoms with Crippen molar-refractivity contribution < 1.29 is 27.6 Å². The van der Waals surface area contributed by atoms with Gasteiger partial charge in [0, 0.05) is 12.6 Å². The van der Waals surface area contributed by atoms with Crippen LogP contribution in [0.1, 0.15) is 21.5 Å². The fourth-order valence-corrected chi connectivity index (χ4v) is 3.40. The summed E-state index contributed by atoms with van der Waals surface area (Å²) in [6.45, 7) is 3.57. The molecular weight excluding hydrogens is 398 g/mol. The summed E-state index contributed by atoms with van der Waals surface area (Å²) in [7, 11) is -1.32. The number of hydrazine groups is 1. The molecule has 0 heterocycles. The second-order valence-corrected chi connectivity index (χ2v) is 8.17. The summed E-state index contributed by atoms with van der Waals surface area (Å²) in [5, 5.41) is 0. The molecule has 29 heavy (non-hydrogen) atoms. The highest BCUT2D eigenvalue weighted by atomic mass is 32.2. The van der Waals surface area contributed by atoms with E-state index in [0.29, 0.717) is 10.2 Å². The maximum atomic E-state index is 12.1. The first-order valence-corrected chi connectivity index (χ1v) is 10.0. The average Bonchev–Trinajstić information content (AvgIpc) is 2.69. The molecule has 0 aromatic heterocycles. The standard InChI is InChI=1S/C19H23N3O6S/c1-13-9-14(2)11-16(10-13)28-12-18(23)20-21-19(24)15-5-7-17(8-6-15)29(25,26)22(3)27-4/h5-11H,12H2,1-4H3,(H,20,23)(H,21,24). The van der Waals surface area contributed by atoms with E-state index in [1.54, 1.807) is 12.1 Å². The monoisotopic (exact) mass is 421 g/mol. The van der Waals surface area contributed by atoms with Crippen LogP contribution in [0.4, 0.5) is 0 Å². The zero-order valence-corrected chi connectivity index (χ0v) is 17.4. The van der Waals surface area contributed by atoms with Crippen LogP contribution in [0.3, 0.4) is 0 Å². The lowest BCUT2D eigenvalue weighted by atomic mass is 10.1. The van der Waals surface area contributed by atoms with Crippen molar-refractivity contribution in [3.05, 3.63) is 59.2 Å². The number of nitrogens with one attached hydrogen (secondary N) is 2. The molecule has 9 nitrogen and oxygen atoms in total. The van der Waals surface area contributed by atoms with Gasteiger partial charge in [0.25, 0.3) is 21.8 Å². The van der Waals surface area contributed by atoms with Crippen molar-refractivity contribution in [1.82, 2.24) is 15.3 Å². The first-order valence-electron chi connectivity index (χ1n) is 8.57. The summed E-state index contributed by atoms with van der Waals surface area (Å²) in [5.74, 6) is -0.589. The highest BCUT2D eigenvalue weighted by molar-refractivity contribution is 7.89. The number of aryl methyl sites for hydroxylation is 2. The molecule has 2 aromatic carbocycles. The molecule has 156 valence electrons. The Bertz CT molecular complexity index is 969. The van der Waals surface area contributed by atoms with Gasteiger partial charge in [-0.15, -0.1) is 0 Å². The number of benzene rings is 2. The average molecular weight is 421 g/mol. The second-order valence-electron chi connectivity index (χ2n) is 6.24. The minimum absolute atomic E-state index is 0.0377. The summed E-state index contributed by atoms with van der Waals surface area (Å²) in [6.07, 6.45) is 0. The van der Waals surface area contributed by atoms with E-state index in [2.05, 4.69) is 15.7 Å². The largest absolute Gasteiger partial charge is 0.484 e. The van der Waals surface area contributed by atoms with Crippen LogP contribution in [0.5, 0.6) is 5.75 Å². The van der Waals surface area contributed by atoms with E-state index in [1.807, 2.05) is 19.9 Å². The lowest BCUT2D eigenvalue weighted by Gasteiger charge is -2.14. The SMILES string of the molecule is CON(C)S(=O)(=O)c1ccc(C(=O)NNC(=O)COc2cc(C)cc(C)c2)cc1. The molecule has 0 radical (unpaired) electrons. The van der Waals surface area contributed by atoms with Crippen molar-refractivity contribution >= 4 is 21.8 Å². The third kappa shape index (κ3) is 6.01. The molecule has 0 spiro atoms. The van der Waals surface area contributed by atoms with Crippen LogP contribution in [0, 0.1) is 13.8 Å². The molecular formula is C19H23N3O6S. The first kappa shape index (κ1) is 22.3. The van der Waals surface area contributed by atoms with E-state index in [1.165, 1.54) is 38.4 Å². The summed E-state index contributed by atoms with van der Waals surface area (Å²) in [5.41, 5.74) is 6.68. The Hall–Kier alpha value is -2.95. The Balaban J connectivity index is 1.89. The van der Waals surface area contributed by atoms with Gasteiger partial charge in [-0.2, -0.15) is 0 Å². The van der Waals surface area contributed by atoms with Crippen LogP contribution < -0.4 is 15.6 Å². The minimum atomic E-state index is -3.80. The van der Waals surface area contributed by atoms with Gasteiger partial charge >= 0.3 is 0 Å². The van der Waals surface area contributed by atoms with Crippen LogP contribution >= 0.6 is 0 Å². The van der Waals surface area contributed by atoms with Gasteiger partial charge in [0.15, 0.2) is 6.61 Å². The molecule has 2 rings (SSSR count). The molecule has 0 aliphatic carbocycles. The van der Waals surface area contributed by atoms with E-state index in [4.69, 9.17) is 4.74 Å². The van der Waals surface area contributed by atoms with Crippen molar-refractivity contribution in [2.24, 2.45) is 0 Å². The Morgan fingerprint density at radius 1 is 1.00 bits per heavy atom. The van der Waals surface area contributed by atoms with E-state index in [0.717, 1.165) is 11.1 Å². The van der Waals surface area contributed by atoms with Gasteiger partial charge in [-0.25, -0.2) is 8.42 Å². The van der Waals surface area contributed by atoms with Gasteiger partial charge in [-0.05, 0) is 61.4 Å². The fraction of sp³-hybridized carbons (Fsp3) is 0.263. The number of sulfonamides is 1. The molecule has 0 atom stereocenters. The van der Waals surface area contributed by atoms with Gasteiger partial charge in [-0.3, -0.25) is 25.3 Å². The summed E-state index contributed by atoms with van der Waals surface area (Å²) in [6, 6.07) is 10.8. The zero-order chi connectivity index (χ0) is 21.6. The van der Waals surface area contributed by atoms with E-state index < -0.39 is 21.8 Å². The van der Waals surface area contributed by atoms with Crippen LogP contribution in [0.2, 0.25) is 0 Å². The number of hydroxylamine groups is 1. The third-order valence-electron chi connectivity index (χ3n) is 3.89. The molecule has 0 saturated carbocycles. The topological polar surface area (TPSA) is 114 Å². The number of hydrogen-bond donors (Lipinski definition) is 2. The van der Waals surface area contributed by atoms with Gasteiger partial charge in [-0.1, -0.05) is 10.5 Å². The Morgan fingerprint density at radius 3 is 2.14 bits per heavy atom. The molecule has 2 amide bonds. The van der Waals surface area contributed by atoms with Gasteiger partial charge < -0.3 is 4.74 Å². The summed E-state index contributed by atoms with van der Waals surface area (Å²) < 4.78 is 30.4. The van der Waals surface area contributed by atoms with Gasteiger partial charge in [0.1, 0.15) is 5.75 Å². The predicted octanol–water partition coefficient (Wildman–Crippen LogP) is 1.33. The van der Waals surface area contributed by atoms with Crippen LogP contribution in [0.25, 0.3) is 0 Å². The van der Waals surface area contributed by atoms with Crippen LogP contribution in [-0.2, 0) is 19.7 Å². The minimum Gasteiger partial charge on any atom is -0.484 e. The van der Waals surface area contributed by atoms with E-state index >= 15 is 0 Å². The number of carbonyl (C=O) groups is 2. The third-order valence-corrected chi connectivity index (χ3v) is 5.58. The highest BCUT2D eigenvalue weighted by Gasteiger charge is 2.21. The van der Waals surface area contributed by atoms with Crippen molar-refractivity contribution in [3.8, 4) is 5.75 Å². The zero-order valence-electron chi connectivity index (χ0n) is 16.6. The maximum Gasteiger partial charge on any atom is 0.276 e. The molecule has 0 aliphatic rings. The fourth-order valence-electron chi connectivity index (χ4n) is 2.42. The predicted molar refractivity (Wildman–Crippen MR) is 105 cm³/mol. The second kappa shape index (κ2) is 9.50. The smallest absolute Gasteiger partial charge is 0.276 e. The van der Waals surface area contributed by atoms with Crippen LogP contribution in [-0.4, -0.2) is 45.5 Å². The molecule has 2 N–H and O–H groups in total. The molecule has 0 bridgehead atoms. The van der Waals surface area contributed by atoms with Crippen molar-refractivity contribution in [2.45, 2.75) is 18.7 Å². The molecule has 0 unspecified atom stereocenters. The van der Waals surface area contributed by atoms with Gasteiger partial charge in [0.05, 0.1) is 12.0 Å². The Labute approximate surface area is 169 Å². The Kier molecular flexibility index (Phi) is 7.32. The molecule has 0 fully saturated rings. The molecule has 0 aliphatic heterocycles. The first-order chi connectivity index (χ1) is 13.6. The van der Waals surface area contributed by atoms with Crippen molar-refractivity contribution in [1.29, 1.82) is 0 Å². The number of nitrogens with zero attached hydrogens (tertiary/aromatic N) is 1. The number of ether oxygens (including phenoxy) is 1. The van der Waals surface area contributed by atoms with E-state index in [9.17, 15) is 18.0 Å². The highest BCUT2D eigenvalue weighted by Crippen LogP contribution is 2.16.